The van der Waals surface area contributed by atoms with Crippen LogP contribution >= 0.6 is 12.4 Å². The predicted molar refractivity (Wildman–Crippen MR) is 56.3 cm³/mol. The second-order valence-electron chi connectivity index (χ2n) is 2.39. The van der Waals surface area contributed by atoms with E-state index in [9.17, 15) is 0 Å². The lowest BCUT2D eigenvalue weighted by molar-refractivity contribution is 0.685. The molecule has 0 unspecified atom stereocenters. The zero-order valence-electron chi connectivity index (χ0n) is 7.39. The quantitative estimate of drug-likeness (QED) is 0.200. The maximum absolute atomic E-state index is 6.84. The fraction of sp³-hybridized carbons (Fsp3) is 0.667. The minimum atomic E-state index is -0.00507. The third-order valence-corrected chi connectivity index (χ3v) is 1.23. The van der Waals surface area contributed by atoms with Gasteiger partial charge < -0.3 is 22.1 Å². The molecule has 0 spiro atoms. The average molecular weight is 209 g/mol. The number of guanidine groups is 2. The summed E-state index contributed by atoms with van der Waals surface area (Å²) in [5, 5.41) is 19.0. The maximum atomic E-state index is 6.84. The van der Waals surface area contributed by atoms with E-state index in [0.29, 0.717) is 13.1 Å². The van der Waals surface area contributed by atoms with Crippen LogP contribution in [0.3, 0.4) is 0 Å². The maximum Gasteiger partial charge on any atom is 0.185 e. The van der Waals surface area contributed by atoms with Crippen molar-refractivity contribution in [1.29, 1.82) is 10.8 Å². The Labute approximate surface area is 83.9 Å². The smallest absolute Gasteiger partial charge is 0.185 e. The van der Waals surface area contributed by atoms with Crippen LogP contribution in [0.25, 0.3) is 0 Å². The molecular formula is C6H17ClN6. The molecule has 0 amide bonds. The Morgan fingerprint density at radius 1 is 0.923 bits per heavy atom. The molecule has 0 saturated carbocycles. The molecule has 0 aliphatic carbocycles. The molecule has 78 valence electrons. The van der Waals surface area contributed by atoms with Crippen molar-refractivity contribution in [3.05, 3.63) is 0 Å². The van der Waals surface area contributed by atoms with Crippen LogP contribution < -0.4 is 22.1 Å². The molecule has 8 N–H and O–H groups in total. The first-order valence-electron chi connectivity index (χ1n) is 3.78. The van der Waals surface area contributed by atoms with Gasteiger partial charge in [-0.2, -0.15) is 0 Å². The lowest BCUT2D eigenvalue weighted by Crippen LogP contribution is -2.33. The van der Waals surface area contributed by atoms with Crippen molar-refractivity contribution >= 4 is 24.3 Å². The van der Waals surface area contributed by atoms with Gasteiger partial charge in [0.25, 0.3) is 0 Å². The summed E-state index contributed by atoms with van der Waals surface area (Å²) in [5.41, 5.74) is 10.1. The first-order valence-corrected chi connectivity index (χ1v) is 3.78. The highest BCUT2D eigenvalue weighted by Gasteiger charge is 1.90. The number of unbranched alkanes of at least 4 members (excludes halogenated alkanes) is 1. The Hall–Kier alpha value is -1.17. The van der Waals surface area contributed by atoms with E-state index >= 15 is 0 Å². The fourth-order valence-corrected chi connectivity index (χ4v) is 0.696. The number of hydrogen-bond donors (Lipinski definition) is 6. The van der Waals surface area contributed by atoms with Crippen molar-refractivity contribution in [3.63, 3.8) is 0 Å². The van der Waals surface area contributed by atoms with Crippen molar-refractivity contribution in [2.75, 3.05) is 13.1 Å². The normalized spacial score (nSPS) is 8.31. The molecule has 13 heavy (non-hydrogen) atoms. The summed E-state index contributed by atoms with van der Waals surface area (Å²) in [7, 11) is 0. The Bertz CT molecular complexity index is 141. The Kier molecular flexibility index (Phi) is 9.86. The van der Waals surface area contributed by atoms with Crippen LogP contribution in [0.4, 0.5) is 0 Å². The molecular weight excluding hydrogens is 192 g/mol. The second-order valence-corrected chi connectivity index (χ2v) is 2.39. The minimum Gasteiger partial charge on any atom is -0.370 e. The monoisotopic (exact) mass is 208 g/mol. The second kappa shape index (κ2) is 8.92. The Morgan fingerprint density at radius 2 is 1.23 bits per heavy atom. The summed E-state index contributed by atoms with van der Waals surface area (Å²) in [6.07, 6.45) is 1.81. The van der Waals surface area contributed by atoms with Gasteiger partial charge in [-0.05, 0) is 12.8 Å². The van der Waals surface area contributed by atoms with Crippen LogP contribution in [0.1, 0.15) is 12.8 Å². The van der Waals surface area contributed by atoms with Crippen LogP contribution in [-0.4, -0.2) is 25.0 Å². The van der Waals surface area contributed by atoms with Crippen molar-refractivity contribution in [2.45, 2.75) is 12.8 Å². The van der Waals surface area contributed by atoms with Gasteiger partial charge in [0.1, 0.15) is 0 Å². The molecule has 0 aromatic carbocycles. The standard InChI is InChI=1S/C6H16N6.ClH/c7-5(8)11-3-1-2-4-12-6(9)10;/h1-4H2,(H4,7,8,11)(H4,9,10,12);1H. The summed E-state index contributed by atoms with van der Waals surface area (Å²) in [6.45, 7) is 1.38. The zero-order chi connectivity index (χ0) is 9.40. The van der Waals surface area contributed by atoms with Gasteiger partial charge in [-0.1, -0.05) is 0 Å². The number of nitrogens with two attached hydrogens (primary N) is 2. The summed E-state index contributed by atoms with van der Waals surface area (Å²) in [4.78, 5) is 0. The van der Waals surface area contributed by atoms with Gasteiger partial charge in [-0.15, -0.1) is 12.4 Å². The largest absolute Gasteiger partial charge is 0.370 e. The van der Waals surface area contributed by atoms with Crippen LogP contribution in [0.5, 0.6) is 0 Å². The Morgan fingerprint density at radius 3 is 1.46 bits per heavy atom. The number of hydrogen-bond acceptors (Lipinski definition) is 2. The van der Waals surface area contributed by atoms with Crippen LogP contribution in [0.15, 0.2) is 0 Å². The molecule has 0 aliphatic rings. The van der Waals surface area contributed by atoms with E-state index < -0.39 is 0 Å². The van der Waals surface area contributed by atoms with Crippen molar-refractivity contribution in [1.82, 2.24) is 10.6 Å². The van der Waals surface area contributed by atoms with E-state index in [4.69, 9.17) is 22.3 Å². The zero-order valence-corrected chi connectivity index (χ0v) is 8.21. The van der Waals surface area contributed by atoms with Crippen LogP contribution in [0.2, 0.25) is 0 Å². The highest BCUT2D eigenvalue weighted by atomic mass is 35.5. The molecule has 6 nitrogen and oxygen atoms in total. The molecule has 0 fully saturated rings. The van der Waals surface area contributed by atoms with Crippen molar-refractivity contribution in [3.8, 4) is 0 Å². The van der Waals surface area contributed by atoms with Gasteiger partial charge in [-0.3, -0.25) is 10.8 Å². The summed E-state index contributed by atoms with van der Waals surface area (Å²) < 4.78 is 0. The van der Waals surface area contributed by atoms with Crippen LogP contribution in [0, 0.1) is 10.8 Å². The molecule has 0 heterocycles. The highest BCUT2D eigenvalue weighted by molar-refractivity contribution is 5.85. The molecule has 0 rings (SSSR count). The Balaban J connectivity index is 0. The first-order chi connectivity index (χ1) is 5.63. The average Bonchev–Trinajstić information content (AvgIpc) is 1.95. The minimum absolute atomic E-state index is 0. The third-order valence-electron chi connectivity index (χ3n) is 1.23. The molecule has 0 aromatic heterocycles. The summed E-state index contributed by atoms with van der Waals surface area (Å²) in [6, 6.07) is 0. The van der Waals surface area contributed by atoms with Crippen molar-refractivity contribution in [2.24, 2.45) is 11.5 Å². The molecule has 0 aromatic rings. The lowest BCUT2D eigenvalue weighted by Gasteiger charge is -2.04. The number of rotatable bonds is 5. The van der Waals surface area contributed by atoms with E-state index in [2.05, 4.69) is 10.6 Å². The van der Waals surface area contributed by atoms with E-state index in [1.54, 1.807) is 0 Å². The number of halogens is 1. The molecule has 0 bridgehead atoms. The van der Waals surface area contributed by atoms with Gasteiger partial charge in [0.15, 0.2) is 11.9 Å². The SMILES string of the molecule is Cl.N=C(N)NCCCCNC(=N)N. The molecule has 0 saturated heterocycles. The molecule has 0 atom stereocenters. The predicted octanol–water partition coefficient (Wildman–Crippen LogP) is -0.845. The van der Waals surface area contributed by atoms with Crippen LogP contribution in [-0.2, 0) is 0 Å². The molecule has 0 radical (unpaired) electrons. The first kappa shape index (κ1) is 14.4. The third kappa shape index (κ3) is 13.8. The summed E-state index contributed by atoms with van der Waals surface area (Å²) in [5.74, 6) is -0.0101. The van der Waals surface area contributed by atoms with Gasteiger partial charge >= 0.3 is 0 Å². The van der Waals surface area contributed by atoms with E-state index in [-0.39, 0.29) is 24.3 Å². The van der Waals surface area contributed by atoms with E-state index in [1.165, 1.54) is 0 Å². The topological polar surface area (TPSA) is 124 Å². The number of nitrogens with one attached hydrogen (secondary N) is 4. The van der Waals surface area contributed by atoms with Gasteiger partial charge in [0, 0.05) is 13.1 Å². The fourth-order valence-electron chi connectivity index (χ4n) is 0.696. The van der Waals surface area contributed by atoms with Gasteiger partial charge in [0.05, 0.1) is 0 Å². The highest BCUT2D eigenvalue weighted by Crippen LogP contribution is 1.82. The molecule has 0 aliphatic heterocycles. The lowest BCUT2D eigenvalue weighted by atomic mass is 10.3. The van der Waals surface area contributed by atoms with E-state index in [1.807, 2.05) is 0 Å². The van der Waals surface area contributed by atoms with E-state index in [0.717, 1.165) is 12.8 Å². The molecule has 7 heteroatoms. The van der Waals surface area contributed by atoms with Crippen molar-refractivity contribution < 1.29 is 0 Å². The van der Waals surface area contributed by atoms with Gasteiger partial charge in [-0.25, -0.2) is 0 Å². The summed E-state index contributed by atoms with van der Waals surface area (Å²) >= 11 is 0. The van der Waals surface area contributed by atoms with Gasteiger partial charge in [0.2, 0.25) is 0 Å².